The molecule has 0 fully saturated rings. The van der Waals surface area contributed by atoms with Gasteiger partial charge in [0.2, 0.25) is 15.9 Å². The molecule has 0 aliphatic rings. The minimum atomic E-state index is -4.22. The number of rotatable bonds is 10. The number of carbonyl (C=O) groups is 1. The average Bonchev–Trinajstić information content (AvgIpc) is 3.24. The fourth-order valence-electron chi connectivity index (χ4n) is 4.01. The van der Waals surface area contributed by atoms with Crippen molar-refractivity contribution in [3.05, 3.63) is 99.2 Å². The Kier molecular flexibility index (Phi) is 8.55. The summed E-state index contributed by atoms with van der Waals surface area (Å²) in [6.07, 6.45) is 0.503. The third kappa shape index (κ3) is 6.61. The summed E-state index contributed by atoms with van der Waals surface area (Å²) in [6, 6.07) is 17.5. The van der Waals surface area contributed by atoms with E-state index in [9.17, 15) is 23.3 Å². The molecule has 12 heteroatoms. The third-order valence-corrected chi connectivity index (χ3v) is 8.05. The van der Waals surface area contributed by atoms with Gasteiger partial charge in [-0.3, -0.25) is 14.9 Å². The van der Waals surface area contributed by atoms with E-state index in [1.807, 2.05) is 51.1 Å². The summed E-state index contributed by atoms with van der Waals surface area (Å²) < 4.78 is 36.7. The van der Waals surface area contributed by atoms with Gasteiger partial charge in [-0.25, -0.2) is 13.1 Å². The lowest BCUT2D eigenvalue weighted by atomic mass is 10.2. The quantitative estimate of drug-likeness (QED) is 0.178. The molecular weight excluding hydrogens is 546 g/mol. The number of nitro benzene ring substituents is 1. The number of anilines is 1. The second kappa shape index (κ2) is 11.9. The minimum Gasteiger partial charge on any atom is -0.437 e. The van der Waals surface area contributed by atoms with Gasteiger partial charge < -0.3 is 10.1 Å². The number of hydrogen-bond acceptors (Lipinski definition) is 7. The zero-order valence-corrected chi connectivity index (χ0v) is 24.2. The predicted molar refractivity (Wildman–Crippen MR) is 155 cm³/mol. The van der Waals surface area contributed by atoms with E-state index in [0.717, 1.165) is 23.3 Å². The Morgan fingerprint density at radius 3 is 2.39 bits per heavy atom. The number of benzene rings is 3. The lowest BCUT2D eigenvalue weighted by Crippen LogP contribution is -2.32. The van der Waals surface area contributed by atoms with Gasteiger partial charge in [0, 0.05) is 29.4 Å². The SMILES string of the molecule is CCC(C)NS(=O)(=O)c1cc([N+](=O)[O-])ccc1Oc1c(C)c(C(=O)Nc2cccc(C)c2)nn1-c1ccc(C)cc1. The van der Waals surface area contributed by atoms with E-state index in [-0.39, 0.29) is 17.3 Å². The number of hydrogen-bond donors (Lipinski definition) is 2. The van der Waals surface area contributed by atoms with Crippen LogP contribution in [0.1, 0.15) is 47.4 Å². The summed E-state index contributed by atoms with van der Waals surface area (Å²) in [5, 5.41) is 18.9. The van der Waals surface area contributed by atoms with Crippen molar-refractivity contribution >= 4 is 27.3 Å². The minimum absolute atomic E-state index is 0.0612. The van der Waals surface area contributed by atoms with Gasteiger partial charge in [-0.15, -0.1) is 0 Å². The van der Waals surface area contributed by atoms with Crippen LogP contribution < -0.4 is 14.8 Å². The van der Waals surface area contributed by atoms with Crippen molar-refractivity contribution in [2.45, 2.75) is 52.0 Å². The topological polar surface area (TPSA) is 145 Å². The Balaban J connectivity index is 1.84. The number of aryl methyl sites for hydroxylation is 2. The summed E-state index contributed by atoms with van der Waals surface area (Å²) >= 11 is 0. The van der Waals surface area contributed by atoms with Crippen molar-refractivity contribution in [3.63, 3.8) is 0 Å². The van der Waals surface area contributed by atoms with Crippen LogP contribution in [0.3, 0.4) is 0 Å². The Morgan fingerprint density at radius 2 is 1.76 bits per heavy atom. The molecule has 0 aliphatic carbocycles. The summed E-state index contributed by atoms with van der Waals surface area (Å²) in [7, 11) is -4.22. The number of nitro groups is 1. The average molecular weight is 578 g/mol. The van der Waals surface area contributed by atoms with Crippen LogP contribution in [0.4, 0.5) is 11.4 Å². The van der Waals surface area contributed by atoms with E-state index < -0.39 is 37.5 Å². The van der Waals surface area contributed by atoms with Crippen LogP contribution in [-0.2, 0) is 10.0 Å². The standard InChI is InChI=1S/C29H31N5O6S/c1-6-20(4)32-41(38,39)26-17-24(34(36)37)14-15-25(26)40-29-21(5)27(28(35)30-22-9-7-8-19(3)16-22)31-33(29)23-12-10-18(2)11-13-23/h7-17,20,32H,6H2,1-5H3,(H,30,35). The number of nitrogens with zero attached hydrogens (tertiary/aromatic N) is 3. The molecule has 0 radical (unpaired) electrons. The molecule has 4 aromatic rings. The monoisotopic (exact) mass is 577 g/mol. The van der Waals surface area contributed by atoms with Gasteiger partial charge in [0.05, 0.1) is 10.6 Å². The number of sulfonamides is 1. The highest BCUT2D eigenvalue weighted by Gasteiger charge is 2.28. The van der Waals surface area contributed by atoms with Gasteiger partial charge in [-0.1, -0.05) is 36.8 Å². The first-order valence-electron chi connectivity index (χ1n) is 12.9. The highest BCUT2D eigenvalue weighted by Crippen LogP contribution is 2.36. The first-order chi connectivity index (χ1) is 19.4. The fourth-order valence-corrected chi connectivity index (χ4v) is 5.48. The number of aromatic nitrogens is 2. The van der Waals surface area contributed by atoms with Gasteiger partial charge in [-0.2, -0.15) is 9.78 Å². The van der Waals surface area contributed by atoms with Crippen molar-refractivity contribution in [2.75, 3.05) is 5.32 Å². The van der Waals surface area contributed by atoms with Crippen molar-refractivity contribution < 1.29 is 22.9 Å². The Bertz CT molecular complexity index is 1710. The fraction of sp³-hybridized carbons (Fsp3) is 0.241. The molecule has 11 nitrogen and oxygen atoms in total. The number of ether oxygens (including phenoxy) is 1. The van der Waals surface area contributed by atoms with Gasteiger partial charge in [-0.05, 0) is 70.0 Å². The lowest BCUT2D eigenvalue weighted by Gasteiger charge is -2.16. The molecule has 1 atom stereocenters. The zero-order chi connectivity index (χ0) is 29.9. The van der Waals surface area contributed by atoms with E-state index >= 15 is 0 Å². The first kappa shape index (κ1) is 29.4. The number of amides is 1. The molecule has 1 heterocycles. The van der Waals surface area contributed by atoms with E-state index in [1.165, 1.54) is 10.7 Å². The number of carbonyl (C=O) groups excluding carboxylic acids is 1. The second-order valence-electron chi connectivity index (χ2n) is 9.77. The molecule has 41 heavy (non-hydrogen) atoms. The first-order valence-corrected chi connectivity index (χ1v) is 14.4. The molecule has 1 amide bonds. The Labute approximate surface area is 238 Å². The second-order valence-corrected chi connectivity index (χ2v) is 11.5. The van der Waals surface area contributed by atoms with Crippen molar-refractivity contribution in [1.82, 2.24) is 14.5 Å². The lowest BCUT2D eigenvalue weighted by molar-refractivity contribution is -0.385. The maximum atomic E-state index is 13.3. The van der Waals surface area contributed by atoms with Crippen molar-refractivity contribution in [1.29, 1.82) is 0 Å². The molecule has 214 valence electrons. The normalized spacial score (nSPS) is 12.1. The third-order valence-electron chi connectivity index (χ3n) is 6.44. The van der Waals surface area contributed by atoms with Gasteiger partial charge >= 0.3 is 0 Å². The van der Waals surface area contributed by atoms with E-state index in [1.54, 1.807) is 32.0 Å². The zero-order valence-electron chi connectivity index (χ0n) is 23.3. The molecule has 4 rings (SSSR count). The number of nitrogens with one attached hydrogen (secondary N) is 2. The summed E-state index contributed by atoms with van der Waals surface area (Å²) in [5.41, 5.74) is 3.10. The van der Waals surface area contributed by atoms with Crippen LogP contribution >= 0.6 is 0 Å². The molecule has 0 saturated carbocycles. The molecule has 1 unspecified atom stereocenters. The molecule has 0 spiro atoms. The van der Waals surface area contributed by atoms with Crippen LogP contribution in [0.25, 0.3) is 5.69 Å². The van der Waals surface area contributed by atoms with Crippen LogP contribution in [0.2, 0.25) is 0 Å². The molecular formula is C29H31N5O6S. The molecule has 2 N–H and O–H groups in total. The van der Waals surface area contributed by atoms with Gasteiger partial charge in [0.1, 0.15) is 10.6 Å². The van der Waals surface area contributed by atoms with Crippen molar-refractivity contribution in [3.8, 4) is 17.3 Å². The molecule has 3 aromatic carbocycles. The molecule has 0 aliphatic heterocycles. The molecule has 1 aromatic heterocycles. The summed E-state index contributed by atoms with van der Waals surface area (Å²) in [6.45, 7) is 8.96. The largest absolute Gasteiger partial charge is 0.437 e. The van der Waals surface area contributed by atoms with Crippen LogP contribution in [0, 0.1) is 30.9 Å². The van der Waals surface area contributed by atoms with Gasteiger partial charge in [0.25, 0.3) is 11.6 Å². The van der Waals surface area contributed by atoms with Crippen LogP contribution in [0.15, 0.2) is 71.6 Å². The maximum Gasteiger partial charge on any atom is 0.276 e. The number of non-ortho nitro benzene ring substituents is 1. The highest BCUT2D eigenvalue weighted by molar-refractivity contribution is 7.89. The maximum absolute atomic E-state index is 13.3. The Hall–Kier alpha value is -4.55. The van der Waals surface area contributed by atoms with E-state index in [0.29, 0.717) is 23.4 Å². The van der Waals surface area contributed by atoms with E-state index in [4.69, 9.17) is 4.74 Å². The van der Waals surface area contributed by atoms with E-state index in [2.05, 4.69) is 15.1 Å². The molecule has 0 bridgehead atoms. The van der Waals surface area contributed by atoms with Crippen LogP contribution in [-0.4, -0.2) is 35.1 Å². The van der Waals surface area contributed by atoms with Crippen molar-refractivity contribution in [2.24, 2.45) is 0 Å². The highest BCUT2D eigenvalue weighted by atomic mass is 32.2. The smallest absolute Gasteiger partial charge is 0.276 e. The summed E-state index contributed by atoms with van der Waals surface area (Å²) in [5.74, 6) is -0.565. The summed E-state index contributed by atoms with van der Waals surface area (Å²) in [4.78, 5) is 23.7. The predicted octanol–water partition coefficient (Wildman–Crippen LogP) is 5.83. The van der Waals surface area contributed by atoms with Gasteiger partial charge in [0.15, 0.2) is 5.69 Å². The Morgan fingerprint density at radius 1 is 1.05 bits per heavy atom. The molecule has 0 saturated heterocycles. The van der Waals surface area contributed by atoms with Crippen LogP contribution in [0.5, 0.6) is 11.6 Å².